The summed E-state index contributed by atoms with van der Waals surface area (Å²) in [5, 5.41) is 11.7. The van der Waals surface area contributed by atoms with Crippen molar-refractivity contribution in [2.75, 3.05) is 20.2 Å². The average Bonchev–Trinajstić information content (AvgIpc) is 3.23. The molecule has 0 atom stereocenters. The van der Waals surface area contributed by atoms with Gasteiger partial charge in [0.1, 0.15) is 0 Å². The van der Waals surface area contributed by atoms with Gasteiger partial charge in [-0.25, -0.2) is 9.79 Å². The molecule has 2 N–H and O–H groups in total. The number of hydrogen-bond acceptors (Lipinski definition) is 5. The van der Waals surface area contributed by atoms with Crippen molar-refractivity contribution in [3.05, 3.63) is 95.1 Å². The number of hydrogen-bond donors (Lipinski definition) is 2. The van der Waals surface area contributed by atoms with Crippen molar-refractivity contribution >= 4 is 28.3 Å². The lowest BCUT2D eigenvalue weighted by atomic mass is 10.00. The minimum Gasteiger partial charge on any atom is -0.494 e. The summed E-state index contributed by atoms with van der Waals surface area (Å²) in [7, 11) is 1.35. The first-order valence-corrected chi connectivity index (χ1v) is 12.4. The molecule has 0 fully saturated rings. The van der Waals surface area contributed by atoms with Gasteiger partial charge in [0.05, 0.1) is 29.6 Å². The summed E-state index contributed by atoms with van der Waals surface area (Å²) >= 11 is 0. The normalized spacial score (nSPS) is 11.8. The van der Waals surface area contributed by atoms with Crippen LogP contribution in [0, 0.1) is 0 Å². The fourth-order valence-corrected chi connectivity index (χ4v) is 4.49. The van der Waals surface area contributed by atoms with Crippen LogP contribution in [0.1, 0.15) is 53.7 Å². The van der Waals surface area contributed by atoms with E-state index in [0.29, 0.717) is 22.4 Å². The van der Waals surface area contributed by atoms with Gasteiger partial charge in [-0.15, -0.1) is 0 Å². The molecule has 0 aliphatic rings. The summed E-state index contributed by atoms with van der Waals surface area (Å²) in [5.41, 5.74) is 5.22. The monoisotopic (exact) mass is 483 g/mol. The highest BCUT2D eigenvalue weighted by Gasteiger charge is 2.20. The minimum atomic E-state index is -0.430. The lowest BCUT2D eigenvalue weighted by molar-refractivity contribution is 0.0601. The van der Waals surface area contributed by atoms with Gasteiger partial charge in [-0.1, -0.05) is 62.4 Å². The lowest BCUT2D eigenvalue weighted by Gasteiger charge is -2.21. The number of H-pyrrole nitrogens is 1. The Labute approximate surface area is 212 Å². The molecule has 0 saturated heterocycles. The van der Waals surface area contributed by atoms with Crippen LogP contribution < -0.4 is 0 Å². The van der Waals surface area contributed by atoms with Crippen molar-refractivity contribution in [2.45, 2.75) is 33.2 Å². The summed E-state index contributed by atoms with van der Waals surface area (Å²) in [5.74, 6) is -0.429. The molecule has 6 heteroatoms. The van der Waals surface area contributed by atoms with Gasteiger partial charge in [-0.05, 0) is 55.8 Å². The fourth-order valence-electron chi connectivity index (χ4n) is 4.49. The molecule has 0 amide bonds. The number of aromatic amines is 1. The Morgan fingerprint density at radius 3 is 2.28 bits per heavy atom. The first-order chi connectivity index (χ1) is 17.5. The Hall–Kier alpha value is -3.90. The van der Waals surface area contributed by atoms with Crippen LogP contribution in [0.3, 0.4) is 0 Å². The Morgan fingerprint density at radius 2 is 1.64 bits per heavy atom. The number of aromatic nitrogens is 1. The van der Waals surface area contributed by atoms with Crippen LogP contribution in [0.15, 0.2) is 77.8 Å². The molecule has 1 heterocycles. The van der Waals surface area contributed by atoms with Crippen LogP contribution in [0.5, 0.6) is 5.88 Å². The van der Waals surface area contributed by atoms with Crippen molar-refractivity contribution in [1.82, 2.24) is 9.88 Å². The predicted octanol–water partition coefficient (Wildman–Crippen LogP) is 6.45. The van der Waals surface area contributed by atoms with Gasteiger partial charge in [-0.3, -0.25) is 4.90 Å². The minimum absolute atomic E-state index is 0.000937. The van der Waals surface area contributed by atoms with E-state index in [-0.39, 0.29) is 5.88 Å². The van der Waals surface area contributed by atoms with Crippen LogP contribution in [-0.2, 0) is 11.3 Å². The third kappa shape index (κ3) is 5.66. The molecule has 36 heavy (non-hydrogen) atoms. The molecule has 186 valence electrons. The maximum atomic E-state index is 12.0. The molecule has 0 aliphatic heterocycles. The number of benzene rings is 3. The molecule has 3 aromatic carbocycles. The highest BCUT2D eigenvalue weighted by atomic mass is 16.5. The molecule has 0 aliphatic carbocycles. The number of carbonyl (C=O) groups excluding carboxylic acids is 1. The van der Waals surface area contributed by atoms with Crippen molar-refractivity contribution in [1.29, 1.82) is 0 Å². The van der Waals surface area contributed by atoms with E-state index in [9.17, 15) is 9.90 Å². The second kappa shape index (κ2) is 11.7. The van der Waals surface area contributed by atoms with Crippen molar-refractivity contribution in [2.24, 2.45) is 4.99 Å². The summed E-state index contributed by atoms with van der Waals surface area (Å²) in [6.45, 7) is 7.51. The highest BCUT2D eigenvalue weighted by molar-refractivity contribution is 6.22. The maximum Gasteiger partial charge on any atom is 0.337 e. The number of aromatic hydroxyl groups is 1. The predicted molar refractivity (Wildman–Crippen MR) is 145 cm³/mol. The zero-order chi connectivity index (χ0) is 25.5. The molecule has 0 unspecified atom stereocenters. The second-order valence-corrected chi connectivity index (χ2v) is 8.87. The molecule has 4 rings (SSSR count). The molecule has 4 aromatic rings. The average molecular weight is 484 g/mol. The summed E-state index contributed by atoms with van der Waals surface area (Å²) < 4.78 is 4.84. The van der Waals surface area contributed by atoms with Crippen molar-refractivity contribution < 1.29 is 14.6 Å². The van der Waals surface area contributed by atoms with Crippen LogP contribution in [-0.4, -0.2) is 46.9 Å². The Kier molecular flexibility index (Phi) is 8.18. The topological polar surface area (TPSA) is 77.9 Å². The quantitative estimate of drug-likeness (QED) is 0.201. The summed E-state index contributed by atoms with van der Waals surface area (Å²) in [6.07, 6.45) is 2.27. The molecule has 6 nitrogen and oxygen atoms in total. The number of rotatable bonds is 10. The molecule has 1 aromatic heterocycles. The molecule has 0 bridgehead atoms. The van der Waals surface area contributed by atoms with Gasteiger partial charge < -0.3 is 14.8 Å². The number of esters is 1. The molecule has 0 spiro atoms. The third-order valence-electron chi connectivity index (χ3n) is 6.15. The first-order valence-electron chi connectivity index (χ1n) is 12.4. The maximum absolute atomic E-state index is 12.0. The van der Waals surface area contributed by atoms with E-state index < -0.39 is 5.97 Å². The van der Waals surface area contributed by atoms with Crippen molar-refractivity contribution in [3.8, 4) is 5.88 Å². The lowest BCUT2D eigenvalue weighted by Crippen LogP contribution is -2.24. The molecular weight excluding hydrogens is 450 g/mol. The zero-order valence-electron chi connectivity index (χ0n) is 21.1. The van der Waals surface area contributed by atoms with Gasteiger partial charge in [0, 0.05) is 23.0 Å². The Balaban J connectivity index is 1.74. The SMILES string of the molecule is CCCN(CCC)Cc1ccc(N=C(c2ccccc2)c2c(O)[nH]c3cc(C(=O)OC)ccc23)cc1. The van der Waals surface area contributed by atoms with Gasteiger partial charge in [0.2, 0.25) is 0 Å². The standard InChI is InChI=1S/C30H33N3O3/c1-4-17-33(18-5-2)20-21-11-14-24(15-12-21)31-28(22-9-7-6-8-10-22)27-25-16-13-23(30(35)36-3)19-26(25)32-29(27)34/h6-16,19,32,34H,4-5,17-18,20H2,1-3H3. The number of aliphatic imine (C=N–C) groups is 1. The van der Waals surface area contributed by atoms with E-state index in [4.69, 9.17) is 9.73 Å². The van der Waals surface area contributed by atoms with Gasteiger partial charge in [0.15, 0.2) is 5.88 Å². The van der Waals surface area contributed by atoms with Crippen LogP contribution in [0.2, 0.25) is 0 Å². The van der Waals surface area contributed by atoms with E-state index in [1.54, 1.807) is 12.1 Å². The van der Waals surface area contributed by atoms with E-state index in [2.05, 4.69) is 35.9 Å². The summed E-state index contributed by atoms with van der Waals surface area (Å²) in [4.78, 5) is 22.4. The van der Waals surface area contributed by atoms with E-state index in [0.717, 1.165) is 49.1 Å². The smallest absolute Gasteiger partial charge is 0.337 e. The molecular formula is C30H33N3O3. The van der Waals surface area contributed by atoms with E-state index >= 15 is 0 Å². The van der Waals surface area contributed by atoms with Gasteiger partial charge in [0.25, 0.3) is 0 Å². The first kappa shape index (κ1) is 25.2. The van der Waals surface area contributed by atoms with E-state index in [1.165, 1.54) is 12.7 Å². The van der Waals surface area contributed by atoms with Gasteiger partial charge in [-0.2, -0.15) is 0 Å². The Morgan fingerprint density at radius 1 is 0.944 bits per heavy atom. The number of nitrogens with one attached hydrogen (secondary N) is 1. The molecule has 0 saturated carbocycles. The van der Waals surface area contributed by atoms with Crippen molar-refractivity contribution in [3.63, 3.8) is 0 Å². The molecule has 0 radical (unpaired) electrons. The third-order valence-corrected chi connectivity index (χ3v) is 6.15. The largest absolute Gasteiger partial charge is 0.494 e. The second-order valence-electron chi connectivity index (χ2n) is 8.87. The number of ether oxygens (including phenoxy) is 1. The van der Waals surface area contributed by atoms with Crippen LogP contribution >= 0.6 is 0 Å². The summed E-state index contributed by atoms with van der Waals surface area (Å²) in [6, 6.07) is 23.3. The number of fused-ring (bicyclic) bond motifs is 1. The highest BCUT2D eigenvalue weighted by Crippen LogP contribution is 2.32. The number of methoxy groups -OCH3 is 1. The number of carbonyl (C=O) groups is 1. The number of nitrogens with zero attached hydrogens (tertiary/aromatic N) is 2. The Bertz CT molecular complexity index is 1340. The van der Waals surface area contributed by atoms with Gasteiger partial charge >= 0.3 is 5.97 Å². The van der Waals surface area contributed by atoms with Crippen LogP contribution in [0.4, 0.5) is 5.69 Å². The van der Waals surface area contributed by atoms with Crippen LogP contribution in [0.25, 0.3) is 10.9 Å². The zero-order valence-corrected chi connectivity index (χ0v) is 21.1. The fraction of sp³-hybridized carbons (Fsp3) is 0.267. The van der Waals surface area contributed by atoms with E-state index in [1.807, 2.05) is 48.5 Å².